The Kier molecular flexibility index (Phi) is 5.13. The van der Waals surface area contributed by atoms with Gasteiger partial charge in [-0.25, -0.2) is 0 Å². The number of carbonyl (C=O) groups excluding carboxylic acids is 1. The molecule has 0 unspecified atom stereocenters. The number of ketones is 1. The lowest BCUT2D eigenvalue weighted by Gasteiger charge is -2.31. The van der Waals surface area contributed by atoms with Crippen LogP contribution in [0.5, 0.6) is 0 Å². The number of ether oxygens (including phenoxy) is 1. The number of hydrogen-bond donors (Lipinski definition) is 0. The van der Waals surface area contributed by atoms with Gasteiger partial charge in [0.1, 0.15) is 0 Å². The summed E-state index contributed by atoms with van der Waals surface area (Å²) in [6.45, 7) is 9.41. The van der Waals surface area contributed by atoms with Crippen molar-refractivity contribution in [2.75, 3.05) is 26.2 Å². The van der Waals surface area contributed by atoms with Crippen molar-refractivity contribution >= 4 is 17.1 Å². The lowest BCUT2D eigenvalue weighted by Crippen LogP contribution is -2.39. The van der Waals surface area contributed by atoms with Gasteiger partial charge < -0.3 is 4.74 Å². The van der Waals surface area contributed by atoms with Crippen LogP contribution in [0.1, 0.15) is 39.9 Å². The summed E-state index contributed by atoms with van der Waals surface area (Å²) < 4.78 is 5.63. The number of likely N-dealkylation sites (tertiary alicyclic amines) is 1. The fourth-order valence-corrected chi connectivity index (χ4v) is 3.61. The molecule has 0 amide bonds. The first-order chi connectivity index (χ1) is 9.10. The van der Waals surface area contributed by atoms with Crippen molar-refractivity contribution in [2.24, 2.45) is 0 Å². The Bertz CT molecular complexity index is 433. The third-order valence-corrected chi connectivity index (χ3v) is 4.61. The van der Waals surface area contributed by atoms with Crippen molar-refractivity contribution < 1.29 is 9.53 Å². The monoisotopic (exact) mass is 281 g/mol. The Morgan fingerprint density at radius 3 is 2.63 bits per heavy atom. The highest BCUT2D eigenvalue weighted by molar-refractivity contribution is 7.12. The minimum Gasteiger partial charge on any atom is -0.378 e. The molecule has 3 nitrogen and oxygen atoms in total. The number of hydrogen-bond acceptors (Lipinski definition) is 4. The van der Waals surface area contributed by atoms with Crippen molar-refractivity contribution in [1.29, 1.82) is 0 Å². The van der Waals surface area contributed by atoms with Crippen LogP contribution >= 0.6 is 11.3 Å². The second-order valence-corrected chi connectivity index (χ2v) is 6.64. The van der Waals surface area contributed by atoms with Gasteiger partial charge in [-0.3, -0.25) is 9.69 Å². The molecular weight excluding hydrogens is 258 g/mol. The summed E-state index contributed by atoms with van der Waals surface area (Å²) in [6, 6.07) is 2.02. The number of Topliss-reactive ketones (excluding diaryl/α,β-unsaturated/α-hetero) is 1. The highest BCUT2D eigenvalue weighted by Crippen LogP contribution is 2.22. The molecule has 0 saturated carbocycles. The number of carbonyl (C=O) groups is 1. The van der Waals surface area contributed by atoms with Crippen LogP contribution in [-0.4, -0.2) is 43.0 Å². The smallest absolute Gasteiger partial charge is 0.177 e. The summed E-state index contributed by atoms with van der Waals surface area (Å²) in [5, 5.41) is 0. The zero-order valence-corrected chi connectivity index (χ0v) is 12.9. The first-order valence-electron chi connectivity index (χ1n) is 7.04. The van der Waals surface area contributed by atoms with E-state index < -0.39 is 0 Å². The minimum atomic E-state index is 0.261. The fraction of sp³-hybridized carbons (Fsp3) is 0.667. The van der Waals surface area contributed by atoms with Crippen LogP contribution < -0.4 is 0 Å². The minimum absolute atomic E-state index is 0.261. The van der Waals surface area contributed by atoms with Gasteiger partial charge >= 0.3 is 0 Å². The maximum Gasteiger partial charge on any atom is 0.177 e. The van der Waals surface area contributed by atoms with E-state index in [4.69, 9.17) is 4.74 Å². The van der Waals surface area contributed by atoms with E-state index in [2.05, 4.69) is 11.8 Å². The van der Waals surface area contributed by atoms with Gasteiger partial charge in [-0.05, 0) is 39.7 Å². The molecule has 0 aromatic carbocycles. The van der Waals surface area contributed by atoms with Crippen molar-refractivity contribution in [1.82, 2.24) is 4.90 Å². The van der Waals surface area contributed by atoms with E-state index in [0.29, 0.717) is 12.6 Å². The molecular formula is C15H23NO2S. The van der Waals surface area contributed by atoms with E-state index >= 15 is 0 Å². The second-order valence-electron chi connectivity index (χ2n) is 5.18. The average molecular weight is 281 g/mol. The molecule has 1 aliphatic heterocycles. The van der Waals surface area contributed by atoms with E-state index in [1.807, 2.05) is 19.9 Å². The van der Waals surface area contributed by atoms with Crippen LogP contribution in [0.4, 0.5) is 0 Å². The van der Waals surface area contributed by atoms with Crippen LogP contribution in [0.15, 0.2) is 6.07 Å². The first-order valence-corrected chi connectivity index (χ1v) is 7.86. The number of thiophene rings is 1. The van der Waals surface area contributed by atoms with E-state index in [9.17, 15) is 4.79 Å². The Morgan fingerprint density at radius 1 is 1.42 bits per heavy atom. The summed E-state index contributed by atoms with van der Waals surface area (Å²) >= 11 is 1.71. The Hall–Kier alpha value is -0.710. The van der Waals surface area contributed by atoms with Crippen molar-refractivity contribution in [2.45, 2.75) is 39.7 Å². The van der Waals surface area contributed by atoms with E-state index in [1.54, 1.807) is 11.3 Å². The SMILES string of the molecule is CCOC1CCN(CC(=O)c2cc(C)sc2C)CC1. The highest BCUT2D eigenvalue weighted by Gasteiger charge is 2.22. The Labute approximate surface area is 119 Å². The first kappa shape index (κ1) is 14.7. The fourth-order valence-electron chi connectivity index (χ4n) is 2.67. The number of rotatable bonds is 5. The summed E-state index contributed by atoms with van der Waals surface area (Å²) in [6.07, 6.45) is 2.48. The molecule has 0 radical (unpaired) electrons. The topological polar surface area (TPSA) is 29.5 Å². The van der Waals surface area contributed by atoms with Gasteiger partial charge in [0.15, 0.2) is 5.78 Å². The lowest BCUT2D eigenvalue weighted by molar-refractivity contribution is 0.0147. The third kappa shape index (κ3) is 3.88. The molecule has 1 fully saturated rings. The lowest BCUT2D eigenvalue weighted by atomic mass is 10.1. The molecule has 106 valence electrons. The van der Waals surface area contributed by atoms with E-state index in [-0.39, 0.29) is 5.78 Å². The molecule has 1 saturated heterocycles. The second kappa shape index (κ2) is 6.64. The molecule has 0 bridgehead atoms. The predicted octanol–water partition coefficient (Wildman–Crippen LogP) is 3.05. The molecule has 1 aliphatic rings. The zero-order valence-electron chi connectivity index (χ0n) is 12.1. The van der Waals surface area contributed by atoms with Crippen molar-refractivity contribution in [3.8, 4) is 0 Å². The van der Waals surface area contributed by atoms with Gasteiger partial charge in [0.25, 0.3) is 0 Å². The number of aryl methyl sites for hydroxylation is 2. The molecule has 4 heteroatoms. The molecule has 2 rings (SSSR count). The average Bonchev–Trinajstić information content (AvgIpc) is 2.71. The third-order valence-electron chi connectivity index (χ3n) is 3.65. The van der Waals surface area contributed by atoms with Crippen LogP contribution in [0.2, 0.25) is 0 Å². The zero-order chi connectivity index (χ0) is 13.8. The number of nitrogens with zero attached hydrogens (tertiary/aromatic N) is 1. The van der Waals surface area contributed by atoms with Crippen LogP contribution in [-0.2, 0) is 4.74 Å². The van der Waals surface area contributed by atoms with Crippen LogP contribution in [0.3, 0.4) is 0 Å². The summed E-state index contributed by atoms with van der Waals surface area (Å²) in [4.78, 5) is 16.9. The Morgan fingerprint density at radius 2 is 2.11 bits per heavy atom. The summed E-state index contributed by atoms with van der Waals surface area (Å²) in [7, 11) is 0. The van der Waals surface area contributed by atoms with Crippen LogP contribution in [0.25, 0.3) is 0 Å². The number of piperidine rings is 1. The van der Waals surface area contributed by atoms with Gasteiger partial charge in [-0.1, -0.05) is 0 Å². The van der Waals surface area contributed by atoms with Crippen molar-refractivity contribution in [3.63, 3.8) is 0 Å². The molecule has 1 aromatic heterocycles. The quantitative estimate of drug-likeness (QED) is 0.777. The normalized spacial score (nSPS) is 17.8. The molecule has 19 heavy (non-hydrogen) atoms. The van der Waals surface area contributed by atoms with E-state index in [0.717, 1.165) is 43.0 Å². The van der Waals surface area contributed by atoms with Gasteiger partial charge in [0, 0.05) is 35.0 Å². The van der Waals surface area contributed by atoms with Gasteiger partial charge in [-0.2, -0.15) is 0 Å². The standard InChI is InChI=1S/C15H23NO2S/c1-4-18-13-5-7-16(8-6-13)10-15(17)14-9-11(2)19-12(14)3/h9,13H,4-8,10H2,1-3H3. The molecule has 0 aliphatic carbocycles. The maximum absolute atomic E-state index is 12.3. The predicted molar refractivity (Wildman–Crippen MR) is 79.2 cm³/mol. The van der Waals surface area contributed by atoms with Gasteiger partial charge in [0.05, 0.1) is 12.6 Å². The summed E-state index contributed by atoms with van der Waals surface area (Å²) in [5.74, 6) is 0.261. The highest BCUT2D eigenvalue weighted by atomic mass is 32.1. The van der Waals surface area contributed by atoms with Crippen LogP contribution in [0, 0.1) is 13.8 Å². The van der Waals surface area contributed by atoms with Gasteiger partial charge in [-0.15, -0.1) is 11.3 Å². The maximum atomic E-state index is 12.3. The Balaban J connectivity index is 1.85. The molecule has 1 aromatic rings. The van der Waals surface area contributed by atoms with E-state index in [1.165, 1.54) is 4.88 Å². The van der Waals surface area contributed by atoms with Crippen molar-refractivity contribution in [3.05, 3.63) is 21.4 Å². The molecule has 0 atom stereocenters. The largest absolute Gasteiger partial charge is 0.378 e. The molecule has 0 spiro atoms. The molecule has 0 N–H and O–H groups in total. The van der Waals surface area contributed by atoms with Gasteiger partial charge in [0.2, 0.25) is 0 Å². The summed E-state index contributed by atoms with van der Waals surface area (Å²) in [5.41, 5.74) is 0.912. The molecule has 2 heterocycles.